The van der Waals surface area contributed by atoms with Gasteiger partial charge in [-0.15, -0.1) is 0 Å². The van der Waals surface area contributed by atoms with Gasteiger partial charge >= 0.3 is 0 Å². The summed E-state index contributed by atoms with van der Waals surface area (Å²) in [5.74, 6) is 1.34. The van der Waals surface area contributed by atoms with E-state index in [0.29, 0.717) is 12.5 Å². The normalized spacial score (nSPS) is 17.2. The van der Waals surface area contributed by atoms with Gasteiger partial charge in [0, 0.05) is 32.2 Å². The molecule has 1 aliphatic heterocycles. The topological polar surface area (TPSA) is 61.6 Å². The van der Waals surface area contributed by atoms with Gasteiger partial charge in [0.05, 0.1) is 24.8 Å². The van der Waals surface area contributed by atoms with Gasteiger partial charge in [-0.05, 0) is 18.4 Å². The molecule has 0 aliphatic carbocycles. The SMILES string of the molecule is Cc1cc(CN2CCN(CC(=O)NC(c3ccccc3)C(C)C)CC2)on1. The summed E-state index contributed by atoms with van der Waals surface area (Å²) in [6.07, 6.45) is 0. The highest BCUT2D eigenvalue weighted by Crippen LogP contribution is 2.21. The highest BCUT2D eigenvalue weighted by atomic mass is 16.5. The lowest BCUT2D eigenvalue weighted by Crippen LogP contribution is -2.49. The molecule has 6 nitrogen and oxygen atoms in total. The molecule has 146 valence electrons. The van der Waals surface area contributed by atoms with E-state index in [1.54, 1.807) is 0 Å². The molecule has 0 radical (unpaired) electrons. The average molecular weight is 370 g/mol. The van der Waals surface area contributed by atoms with E-state index >= 15 is 0 Å². The molecule has 0 spiro atoms. The van der Waals surface area contributed by atoms with Gasteiger partial charge in [-0.3, -0.25) is 14.6 Å². The van der Waals surface area contributed by atoms with Crippen LogP contribution in [0.25, 0.3) is 0 Å². The van der Waals surface area contributed by atoms with E-state index in [4.69, 9.17) is 4.52 Å². The number of carbonyl (C=O) groups excluding carboxylic acids is 1. The third-order valence-corrected chi connectivity index (χ3v) is 5.03. The lowest BCUT2D eigenvalue weighted by Gasteiger charge is -2.34. The smallest absolute Gasteiger partial charge is 0.234 e. The summed E-state index contributed by atoms with van der Waals surface area (Å²) >= 11 is 0. The molecule has 1 atom stereocenters. The molecular weight excluding hydrogens is 340 g/mol. The Morgan fingerprint density at radius 1 is 1.15 bits per heavy atom. The van der Waals surface area contributed by atoms with Crippen molar-refractivity contribution in [1.82, 2.24) is 20.3 Å². The van der Waals surface area contributed by atoms with Crippen molar-refractivity contribution in [2.24, 2.45) is 5.92 Å². The van der Waals surface area contributed by atoms with Gasteiger partial charge < -0.3 is 9.84 Å². The molecule has 1 fully saturated rings. The van der Waals surface area contributed by atoms with E-state index in [2.05, 4.69) is 46.3 Å². The molecule has 2 aromatic rings. The molecule has 1 aromatic heterocycles. The minimum atomic E-state index is 0.0506. The third kappa shape index (κ3) is 5.65. The van der Waals surface area contributed by atoms with E-state index in [1.165, 1.54) is 0 Å². The number of nitrogens with one attached hydrogen (secondary N) is 1. The van der Waals surface area contributed by atoms with Crippen LogP contribution in [0.3, 0.4) is 0 Å². The van der Waals surface area contributed by atoms with Gasteiger partial charge in [0.2, 0.25) is 5.91 Å². The molecule has 0 saturated carbocycles. The molecule has 3 rings (SSSR count). The Labute approximate surface area is 161 Å². The van der Waals surface area contributed by atoms with Crippen molar-refractivity contribution in [1.29, 1.82) is 0 Å². The van der Waals surface area contributed by atoms with Crippen LogP contribution >= 0.6 is 0 Å². The Bertz CT molecular complexity index is 721. The van der Waals surface area contributed by atoms with Crippen molar-refractivity contribution < 1.29 is 9.32 Å². The molecule has 1 amide bonds. The van der Waals surface area contributed by atoms with Crippen LogP contribution in [0.2, 0.25) is 0 Å². The summed E-state index contributed by atoms with van der Waals surface area (Å²) in [5, 5.41) is 7.15. The molecule has 27 heavy (non-hydrogen) atoms. The van der Waals surface area contributed by atoms with Crippen LogP contribution in [0.1, 0.15) is 36.9 Å². The van der Waals surface area contributed by atoms with Crippen LogP contribution in [-0.2, 0) is 11.3 Å². The molecule has 6 heteroatoms. The van der Waals surface area contributed by atoms with E-state index < -0.39 is 0 Å². The summed E-state index contributed by atoms with van der Waals surface area (Å²) in [7, 11) is 0. The fourth-order valence-electron chi connectivity index (χ4n) is 3.53. The highest BCUT2D eigenvalue weighted by Gasteiger charge is 2.23. The lowest BCUT2D eigenvalue weighted by molar-refractivity contribution is -0.123. The van der Waals surface area contributed by atoms with Crippen LogP contribution < -0.4 is 5.32 Å². The largest absolute Gasteiger partial charge is 0.360 e. The van der Waals surface area contributed by atoms with E-state index in [-0.39, 0.29) is 11.9 Å². The summed E-state index contributed by atoms with van der Waals surface area (Å²) in [5.41, 5.74) is 2.08. The number of aromatic nitrogens is 1. The maximum Gasteiger partial charge on any atom is 0.234 e. The highest BCUT2D eigenvalue weighted by molar-refractivity contribution is 5.78. The molecule has 0 bridgehead atoms. The van der Waals surface area contributed by atoms with Crippen molar-refractivity contribution in [2.45, 2.75) is 33.4 Å². The van der Waals surface area contributed by atoms with Crippen LogP contribution in [0.5, 0.6) is 0 Å². The predicted molar refractivity (Wildman–Crippen MR) is 105 cm³/mol. The number of hydrogen-bond donors (Lipinski definition) is 1. The molecule has 1 N–H and O–H groups in total. The molecule has 2 heterocycles. The van der Waals surface area contributed by atoms with Gasteiger partial charge in [-0.2, -0.15) is 0 Å². The summed E-state index contributed by atoms with van der Waals surface area (Å²) < 4.78 is 5.30. The number of hydrogen-bond acceptors (Lipinski definition) is 5. The summed E-state index contributed by atoms with van der Waals surface area (Å²) in [6, 6.07) is 12.2. The summed E-state index contributed by atoms with van der Waals surface area (Å²) in [6.45, 7) is 11.1. The average Bonchev–Trinajstić information content (AvgIpc) is 3.06. The number of carbonyl (C=O) groups is 1. The number of benzene rings is 1. The van der Waals surface area contributed by atoms with Gasteiger partial charge in [0.15, 0.2) is 5.76 Å². The van der Waals surface area contributed by atoms with E-state index in [0.717, 1.165) is 49.7 Å². The zero-order valence-corrected chi connectivity index (χ0v) is 16.5. The first kappa shape index (κ1) is 19.6. The van der Waals surface area contributed by atoms with Crippen molar-refractivity contribution in [2.75, 3.05) is 32.7 Å². The van der Waals surface area contributed by atoms with Gasteiger partial charge in [-0.25, -0.2) is 0 Å². The molecule has 1 aromatic carbocycles. The van der Waals surface area contributed by atoms with Gasteiger partial charge in [-0.1, -0.05) is 49.3 Å². The van der Waals surface area contributed by atoms with Crippen LogP contribution in [0.15, 0.2) is 40.9 Å². The number of amides is 1. The van der Waals surface area contributed by atoms with Crippen LogP contribution in [0, 0.1) is 12.8 Å². The lowest BCUT2D eigenvalue weighted by atomic mass is 9.96. The number of piperazine rings is 1. The van der Waals surface area contributed by atoms with Crippen molar-refractivity contribution in [3.8, 4) is 0 Å². The first-order valence-electron chi connectivity index (χ1n) is 9.72. The minimum absolute atomic E-state index is 0.0506. The van der Waals surface area contributed by atoms with Gasteiger partial charge in [0.1, 0.15) is 0 Å². The maximum absolute atomic E-state index is 12.6. The van der Waals surface area contributed by atoms with E-state index in [1.807, 2.05) is 31.2 Å². The fraction of sp³-hybridized carbons (Fsp3) is 0.524. The van der Waals surface area contributed by atoms with Crippen molar-refractivity contribution >= 4 is 5.91 Å². The summed E-state index contributed by atoms with van der Waals surface area (Å²) in [4.78, 5) is 17.1. The van der Waals surface area contributed by atoms with Crippen LogP contribution in [0.4, 0.5) is 0 Å². The second-order valence-electron chi connectivity index (χ2n) is 7.69. The van der Waals surface area contributed by atoms with Crippen molar-refractivity contribution in [3.05, 3.63) is 53.4 Å². The minimum Gasteiger partial charge on any atom is -0.360 e. The number of aryl methyl sites for hydroxylation is 1. The molecular formula is C21H30N4O2. The quantitative estimate of drug-likeness (QED) is 0.812. The van der Waals surface area contributed by atoms with Gasteiger partial charge in [0.25, 0.3) is 0 Å². The Balaban J connectivity index is 1.46. The molecule has 1 unspecified atom stereocenters. The first-order chi connectivity index (χ1) is 13.0. The first-order valence-corrected chi connectivity index (χ1v) is 9.72. The molecule has 1 aliphatic rings. The molecule has 1 saturated heterocycles. The third-order valence-electron chi connectivity index (χ3n) is 5.03. The maximum atomic E-state index is 12.6. The van der Waals surface area contributed by atoms with Crippen LogP contribution in [-0.4, -0.2) is 53.6 Å². The zero-order chi connectivity index (χ0) is 19.2. The number of nitrogens with zero attached hydrogens (tertiary/aromatic N) is 3. The number of rotatable bonds is 7. The van der Waals surface area contributed by atoms with Crippen molar-refractivity contribution in [3.63, 3.8) is 0 Å². The standard InChI is InChI=1S/C21H30N4O2/c1-16(2)21(18-7-5-4-6-8-18)22-20(26)15-25-11-9-24(10-12-25)14-19-13-17(3)23-27-19/h4-8,13,16,21H,9-12,14-15H2,1-3H3,(H,22,26). The second kappa shape index (κ2) is 9.15. The monoisotopic (exact) mass is 370 g/mol. The predicted octanol–water partition coefficient (Wildman–Crippen LogP) is 2.61. The Kier molecular flexibility index (Phi) is 6.63. The van der Waals surface area contributed by atoms with E-state index in [9.17, 15) is 4.79 Å². The fourth-order valence-corrected chi connectivity index (χ4v) is 3.53. The second-order valence-corrected chi connectivity index (χ2v) is 7.69. The zero-order valence-electron chi connectivity index (χ0n) is 16.5. The Morgan fingerprint density at radius 2 is 1.81 bits per heavy atom. The Hall–Kier alpha value is -2.18. The Morgan fingerprint density at radius 3 is 2.41 bits per heavy atom.